The van der Waals surface area contributed by atoms with E-state index in [1.165, 1.54) is 12.1 Å². The molecule has 0 bridgehead atoms. The minimum Gasteiger partial charge on any atom is -0.385 e. The van der Waals surface area contributed by atoms with Gasteiger partial charge in [-0.2, -0.15) is 0 Å². The molecular weight excluding hydrogens is 230 g/mol. The van der Waals surface area contributed by atoms with Crippen LogP contribution in [0, 0.1) is 16.0 Å². The average molecular weight is 245 g/mol. The van der Waals surface area contributed by atoms with Gasteiger partial charge in [-0.3, -0.25) is 10.1 Å². The number of rotatable bonds is 3. The molecule has 0 radical (unpaired) electrons. The fourth-order valence-electron chi connectivity index (χ4n) is 2.19. The zero-order valence-corrected chi connectivity index (χ0v) is 10.2. The Labute approximate surface area is 105 Å². The second kappa shape index (κ2) is 4.77. The highest BCUT2D eigenvalue weighted by molar-refractivity contribution is 5.36. The first-order chi connectivity index (χ1) is 8.51. The van der Waals surface area contributed by atoms with E-state index in [2.05, 4.69) is 5.73 Å². The normalized spacial score (nSPS) is 21.6. The molecular formula is C14H15NO3. The molecule has 4 heteroatoms. The second-order valence-electron chi connectivity index (χ2n) is 4.67. The van der Waals surface area contributed by atoms with Crippen LogP contribution in [0.2, 0.25) is 0 Å². The first-order valence-electron chi connectivity index (χ1n) is 5.90. The van der Waals surface area contributed by atoms with Crippen molar-refractivity contribution in [1.82, 2.24) is 0 Å². The summed E-state index contributed by atoms with van der Waals surface area (Å²) in [7, 11) is 0. The Balaban J connectivity index is 2.29. The van der Waals surface area contributed by atoms with Gasteiger partial charge in [0.2, 0.25) is 0 Å². The van der Waals surface area contributed by atoms with Crippen molar-refractivity contribution in [2.45, 2.75) is 25.4 Å². The average Bonchev–Trinajstić information content (AvgIpc) is 2.40. The number of aliphatic hydroxyl groups is 1. The number of nitro groups is 1. The summed E-state index contributed by atoms with van der Waals surface area (Å²) in [5, 5.41) is 21.2. The Kier molecular flexibility index (Phi) is 3.32. The van der Waals surface area contributed by atoms with Crippen molar-refractivity contribution in [3.05, 3.63) is 57.8 Å². The molecule has 2 atom stereocenters. The van der Waals surface area contributed by atoms with Crippen molar-refractivity contribution >= 4 is 5.69 Å². The maximum atomic E-state index is 10.6. The van der Waals surface area contributed by atoms with E-state index in [0.29, 0.717) is 5.56 Å². The number of nitrogens with zero attached hydrogens (tertiary/aromatic N) is 1. The van der Waals surface area contributed by atoms with Crippen LogP contribution in [0.5, 0.6) is 0 Å². The van der Waals surface area contributed by atoms with Crippen molar-refractivity contribution in [3.63, 3.8) is 0 Å². The van der Waals surface area contributed by atoms with E-state index < -0.39 is 10.5 Å². The molecule has 0 aromatic heterocycles. The molecule has 94 valence electrons. The van der Waals surface area contributed by atoms with E-state index >= 15 is 0 Å². The molecule has 1 aromatic carbocycles. The highest BCUT2D eigenvalue weighted by Crippen LogP contribution is 2.35. The standard InChI is InChI=1S/C14H15NO3/c1-14(16,11-5-3-2-4-6-11)12-7-9-13(10-8-12)15(17)18/h2,6-11,16H,3,5H2,1H3. The number of nitro benzene ring substituents is 1. The van der Waals surface area contributed by atoms with Crippen LogP contribution in [0.3, 0.4) is 0 Å². The second-order valence-corrected chi connectivity index (χ2v) is 4.67. The summed E-state index contributed by atoms with van der Waals surface area (Å²) in [4.78, 5) is 10.1. The lowest BCUT2D eigenvalue weighted by Crippen LogP contribution is -2.31. The minimum atomic E-state index is -1.02. The predicted molar refractivity (Wildman–Crippen MR) is 68.0 cm³/mol. The molecule has 0 spiro atoms. The summed E-state index contributed by atoms with van der Waals surface area (Å²) in [5.74, 6) is -0.0102. The molecule has 0 amide bonds. The number of non-ortho nitro benzene ring substituents is 1. The molecule has 2 rings (SSSR count). The Hall–Kier alpha value is -1.90. The minimum absolute atomic E-state index is 0.0102. The van der Waals surface area contributed by atoms with Gasteiger partial charge in [-0.1, -0.05) is 0 Å². The first-order valence-corrected chi connectivity index (χ1v) is 5.90. The molecule has 2 unspecified atom stereocenters. The molecule has 0 aliphatic heterocycles. The Morgan fingerprint density at radius 3 is 2.61 bits per heavy atom. The summed E-state index contributed by atoms with van der Waals surface area (Å²) in [5.41, 5.74) is 2.73. The molecule has 0 saturated carbocycles. The lowest BCUT2D eigenvalue weighted by molar-refractivity contribution is -0.384. The van der Waals surface area contributed by atoms with Gasteiger partial charge in [0.15, 0.2) is 0 Å². The van der Waals surface area contributed by atoms with Gasteiger partial charge < -0.3 is 5.11 Å². The third-order valence-electron chi connectivity index (χ3n) is 3.42. The predicted octanol–water partition coefficient (Wildman–Crippen LogP) is 2.92. The lowest BCUT2D eigenvalue weighted by atomic mass is 9.79. The van der Waals surface area contributed by atoms with Crippen LogP contribution < -0.4 is 0 Å². The van der Waals surface area contributed by atoms with Crippen molar-refractivity contribution in [3.8, 4) is 0 Å². The van der Waals surface area contributed by atoms with Crippen LogP contribution in [-0.2, 0) is 5.60 Å². The van der Waals surface area contributed by atoms with Gasteiger partial charge >= 0.3 is 0 Å². The maximum Gasteiger partial charge on any atom is 0.269 e. The third kappa shape index (κ3) is 2.35. The van der Waals surface area contributed by atoms with Crippen LogP contribution in [-0.4, -0.2) is 10.0 Å². The highest BCUT2D eigenvalue weighted by Gasteiger charge is 2.32. The smallest absolute Gasteiger partial charge is 0.269 e. The Morgan fingerprint density at radius 1 is 1.44 bits per heavy atom. The van der Waals surface area contributed by atoms with Gasteiger partial charge in [-0.25, -0.2) is 0 Å². The topological polar surface area (TPSA) is 63.4 Å². The van der Waals surface area contributed by atoms with Crippen molar-refractivity contribution in [1.29, 1.82) is 0 Å². The molecule has 1 aromatic rings. The van der Waals surface area contributed by atoms with Crippen molar-refractivity contribution in [2.75, 3.05) is 0 Å². The van der Waals surface area contributed by atoms with Crippen LogP contribution in [0.1, 0.15) is 25.3 Å². The number of hydrogen-bond acceptors (Lipinski definition) is 3. The van der Waals surface area contributed by atoms with Crippen molar-refractivity contribution < 1.29 is 10.0 Å². The van der Waals surface area contributed by atoms with E-state index in [0.717, 1.165) is 12.8 Å². The summed E-state index contributed by atoms with van der Waals surface area (Å²) in [6.45, 7) is 1.74. The molecule has 4 nitrogen and oxygen atoms in total. The van der Waals surface area contributed by atoms with Crippen LogP contribution in [0.25, 0.3) is 0 Å². The van der Waals surface area contributed by atoms with Crippen LogP contribution in [0.4, 0.5) is 5.69 Å². The van der Waals surface area contributed by atoms with Gasteiger partial charge in [-0.15, -0.1) is 5.73 Å². The van der Waals surface area contributed by atoms with Gasteiger partial charge in [0.25, 0.3) is 5.69 Å². The fourth-order valence-corrected chi connectivity index (χ4v) is 2.19. The van der Waals surface area contributed by atoms with Crippen LogP contribution >= 0.6 is 0 Å². The third-order valence-corrected chi connectivity index (χ3v) is 3.42. The molecule has 0 heterocycles. The monoisotopic (exact) mass is 245 g/mol. The quantitative estimate of drug-likeness (QED) is 0.506. The summed E-state index contributed by atoms with van der Waals surface area (Å²) in [6.07, 6.45) is 5.56. The zero-order chi connectivity index (χ0) is 13.2. The molecule has 18 heavy (non-hydrogen) atoms. The Bertz CT molecular complexity index is 510. The molecule has 1 N–H and O–H groups in total. The molecule has 1 aliphatic rings. The molecule has 0 saturated heterocycles. The fraction of sp³-hybridized carbons (Fsp3) is 0.357. The SMILES string of the molecule is CC(O)(c1ccc([N+](=O)[O-])cc1)C1C=C=CCC1. The largest absolute Gasteiger partial charge is 0.385 e. The number of hydrogen-bond donors (Lipinski definition) is 1. The van der Waals surface area contributed by atoms with Gasteiger partial charge in [0.05, 0.1) is 10.5 Å². The van der Waals surface area contributed by atoms with Crippen LogP contribution in [0.15, 0.2) is 42.1 Å². The molecule has 0 fully saturated rings. The summed E-state index contributed by atoms with van der Waals surface area (Å²) < 4.78 is 0. The first kappa shape index (κ1) is 12.6. The maximum absolute atomic E-state index is 10.6. The van der Waals surface area contributed by atoms with E-state index in [4.69, 9.17) is 0 Å². The lowest BCUT2D eigenvalue weighted by Gasteiger charge is -2.31. The highest BCUT2D eigenvalue weighted by atomic mass is 16.6. The van der Waals surface area contributed by atoms with E-state index in [-0.39, 0.29) is 11.6 Å². The van der Waals surface area contributed by atoms with Gasteiger partial charge in [-0.05, 0) is 49.6 Å². The summed E-state index contributed by atoms with van der Waals surface area (Å²) >= 11 is 0. The Morgan fingerprint density at radius 2 is 2.11 bits per heavy atom. The van der Waals surface area contributed by atoms with Gasteiger partial charge in [0.1, 0.15) is 0 Å². The van der Waals surface area contributed by atoms with E-state index in [1.807, 2.05) is 12.2 Å². The van der Waals surface area contributed by atoms with Crippen molar-refractivity contribution in [2.24, 2.45) is 5.92 Å². The van der Waals surface area contributed by atoms with E-state index in [1.54, 1.807) is 19.1 Å². The summed E-state index contributed by atoms with van der Waals surface area (Å²) in [6, 6.07) is 6.08. The van der Waals surface area contributed by atoms with Gasteiger partial charge in [0, 0.05) is 18.1 Å². The van der Waals surface area contributed by atoms with E-state index in [9.17, 15) is 15.2 Å². The number of benzene rings is 1. The molecule has 1 aliphatic carbocycles. The zero-order valence-electron chi connectivity index (χ0n) is 10.2.